The Morgan fingerprint density at radius 1 is 1.30 bits per heavy atom. The van der Waals surface area contributed by atoms with Gasteiger partial charge in [0.05, 0.1) is 5.60 Å². The summed E-state index contributed by atoms with van der Waals surface area (Å²) in [6, 6.07) is 0. The second kappa shape index (κ2) is 3.91. The van der Waals surface area contributed by atoms with Gasteiger partial charge in [0.1, 0.15) is 0 Å². The fraction of sp³-hybridized carbons (Fsp3) is 1.00. The SMILES string of the molecule is COC(CC(C)(C)O)OC. The smallest absolute Gasteiger partial charge is 0.159 e. The maximum absolute atomic E-state index is 9.29. The van der Waals surface area contributed by atoms with E-state index in [0.29, 0.717) is 6.42 Å². The summed E-state index contributed by atoms with van der Waals surface area (Å²) in [5.41, 5.74) is -0.726. The molecule has 0 rings (SSSR count). The van der Waals surface area contributed by atoms with E-state index < -0.39 is 5.60 Å². The van der Waals surface area contributed by atoms with Crippen molar-refractivity contribution in [2.75, 3.05) is 14.2 Å². The first-order valence-corrected chi connectivity index (χ1v) is 3.27. The first-order chi connectivity index (χ1) is 4.49. The van der Waals surface area contributed by atoms with Crippen molar-refractivity contribution >= 4 is 0 Å². The second-order valence-electron chi connectivity index (χ2n) is 2.92. The van der Waals surface area contributed by atoms with Crippen LogP contribution >= 0.6 is 0 Å². The summed E-state index contributed by atoms with van der Waals surface area (Å²) < 4.78 is 9.79. The lowest BCUT2D eigenvalue weighted by Crippen LogP contribution is -2.28. The van der Waals surface area contributed by atoms with Crippen LogP contribution in [0.5, 0.6) is 0 Å². The molecule has 0 aliphatic heterocycles. The molecular weight excluding hydrogens is 132 g/mol. The van der Waals surface area contributed by atoms with Gasteiger partial charge >= 0.3 is 0 Å². The molecule has 0 aliphatic carbocycles. The molecule has 0 aromatic heterocycles. The van der Waals surface area contributed by atoms with Gasteiger partial charge in [0.2, 0.25) is 0 Å². The van der Waals surface area contributed by atoms with Crippen LogP contribution in [0.3, 0.4) is 0 Å². The van der Waals surface area contributed by atoms with Gasteiger partial charge in [0.15, 0.2) is 6.29 Å². The first-order valence-electron chi connectivity index (χ1n) is 3.27. The summed E-state index contributed by atoms with van der Waals surface area (Å²) >= 11 is 0. The summed E-state index contributed by atoms with van der Waals surface area (Å²) in [5, 5.41) is 9.29. The molecule has 0 saturated carbocycles. The zero-order valence-electron chi connectivity index (χ0n) is 7.05. The number of rotatable bonds is 4. The molecule has 0 aliphatic rings. The molecule has 0 bridgehead atoms. The van der Waals surface area contributed by atoms with E-state index >= 15 is 0 Å². The van der Waals surface area contributed by atoms with Crippen molar-refractivity contribution in [3.63, 3.8) is 0 Å². The van der Waals surface area contributed by atoms with Gasteiger partial charge in [-0.2, -0.15) is 0 Å². The van der Waals surface area contributed by atoms with Gasteiger partial charge in [0.25, 0.3) is 0 Å². The molecule has 0 aromatic carbocycles. The van der Waals surface area contributed by atoms with Gasteiger partial charge in [-0.15, -0.1) is 0 Å². The molecule has 62 valence electrons. The minimum Gasteiger partial charge on any atom is -0.390 e. The Bertz CT molecular complexity index is 81.3. The van der Waals surface area contributed by atoms with Gasteiger partial charge in [-0.1, -0.05) is 0 Å². The Morgan fingerprint density at radius 3 is 1.80 bits per heavy atom. The van der Waals surface area contributed by atoms with Gasteiger partial charge in [-0.25, -0.2) is 0 Å². The average molecular weight is 148 g/mol. The molecule has 0 saturated heterocycles. The van der Waals surface area contributed by atoms with Crippen LogP contribution in [-0.4, -0.2) is 31.2 Å². The van der Waals surface area contributed by atoms with E-state index in [2.05, 4.69) is 0 Å². The van der Waals surface area contributed by atoms with Crippen molar-refractivity contribution in [2.24, 2.45) is 0 Å². The normalized spacial score (nSPS) is 12.6. The molecule has 0 amide bonds. The molecule has 0 unspecified atom stereocenters. The molecule has 0 atom stereocenters. The van der Waals surface area contributed by atoms with Crippen LogP contribution in [0.1, 0.15) is 20.3 Å². The van der Waals surface area contributed by atoms with Gasteiger partial charge < -0.3 is 14.6 Å². The van der Waals surface area contributed by atoms with Crippen LogP contribution in [0.15, 0.2) is 0 Å². The largest absolute Gasteiger partial charge is 0.390 e. The standard InChI is InChI=1S/C7H16O3/c1-7(2,8)5-6(9-3)10-4/h6,8H,5H2,1-4H3. The monoisotopic (exact) mass is 148 g/mol. The molecule has 1 N–H and O–H groups in total. The minimum absolute atomic E-state index is 0.306. The lowest BCUT2D eigenvalue weighted by atomic mass is 10.1. The predicted molar refractivity (Wildman–Crippen MR) is 38.7 cm³/mol. The Labute approximate surface area is 62.0 Å². The molecule has 0 fully saturated rings. The zero-order chi connectivity index (χ0) is 8.20. The van der Waals surface area contributed by atoms with E-state index in [0.717, 1.165) is 0 Å². The number of hydrogen-bond acceptors (Lipinski definition) is 3. The van der Waals surface area contributed by atoms with Crippen LogP contribution in [-0.2, 0) is 9.47 Å². The van der Waals surface area contributed by atoms with Crippen LogP contribution in [0.4, 0.5) is 0 Å². The highest BCUT2D eigenvalue weighted by molar-refractivity contribution is 4.66. The quantitative estimate of drug-likeness (QED) is 0.598. The van der Waals surface area contributed by atoms with E-state index in [1.165, 1.54) is 0 Å². The highest BCUT2D eigenvalue weighted by atomic mass is 16.7. The summed E-state index contributed by atoms with van der Waals surface area (Å²) in [7, 11) is 3.11. The van der Waals surface area contributed by atoms with Gasteiger partial charge in [-0.05, 0) is 13.8 Å². The molecule has 3 heteroatoms. The molecule has 0 heterocycles. The average Bonchev–Trinajstić information content (AvgIpc) is 1.81. The summed E-state index contributed by atoms with van der Waals surface area (Å²) in [4.78, 5) is 0. The van der Waals surface area contributed by atoms with E-state index in [9.17, 15) is 5.11 Å². The van der Waals surface area contributed by atoms with Crippen molar-refractivity contribution < 1.29 is 14.6 Å². The third kappa shape index (κ3) is 4.73. The summed E-state index contributed by atoms with van der Waals surface area (Å²) in [5.74, 6) is 0. The molecule has 0 spiro atoms. The highest BCUT2D eigenvalue weighted by Crippen LogP contribution is 2.12. The minimum atomic E-state index is -0.726. The Hall–Kier alpha value is -0.120. The number of hydrogen-bond donors (Lipinski definition) is 1. The van der Waals surface area contributed by atoms with Crippen molar-refractivity contribution in [3.05, 3.63) is 0 Å². The Morgan fingerprint density at radius 2 is 1.70 bits per heavy atom. The van der Waals surface area contributed by atoms with Crippen molar-refractivity contribution in [1.29, 1.82) is 0 Å². The van der Waals surface area contributed by atoms with Crippen LogP contribution in [0.2, 0.25) is 0 Å². The third-order valence-corrected chi connectivity index (χ3v) is 1.19. The van der Waals surface area contributed by atoms with Gasteiger partial charge in [-0.3, -0.25) is 0 Å². The molecule has 10 heavy (non-hydrogen) atoms. The van der Waals surface area contributed by atoms with E-state index in [4.69, 9.17) is 9.47 Å². The van der Waals surface area contributed by atoms with E-state index in [1.807, 2.05) is 0 Å². The van der Waals surface area contributed by atoms with Crippen molar-refractivity contribution in [3.8, 4) is 0 Å². The lowest BCUT2D eigenvalue weighted by Gasteiger charge is -2.22. The van der Waals surface area contributed by atoms with Crippen molar-refractivity contribution in [1.82, 2.24) is 0 Å². The zero-order valence-corrected chi connectivity index (χ0v) is 7.05. The topological polar surface area (TPSA) is 38.7 Å². The number of aliphatic hydroxyl groups is 1. The Balaban J connectivity index is 3.63. The second-order valence-corrected chi connectivity index (χ2v) is 2.92. The fourth-order valence-corrected chi connectivity index (χ4v) is 0.671. The van der Waals surface area contributed by atoms with Gasteiger partial charge in [0, 0.05) is 20.6 Å². The maximum atomic E-state index is 9.29. The fourth-order valence-electron chi connectivity index (χ4n) is 0.671. The number of ether oxygens (including phenoxy) is 2. The number of methoxy groups -OCH3 is 2. The lowest BCUT2D eigenvalue weighted by molar-refractivity contribution is -0.136. The summed E-state index contributed by atoms with van der Waals surface area (Å²) in [6.45, 7) is 3.44. The molecule has 3 nitrogen and oxygen atoms in total. The van der Waals surface area contributed by atoms with Crippen molar-refractivity contribution in [2.45, 2.75) is 32.2 Å². The van der Waals surface area contributed by atoms with E-state index in [1.54, 1.807) is 28.1 Å². The molecule has 0 radical (unpaired) electrons. The highest BCUT2D eigenvalue weighted by Gasteiger charge is 2.19. The third-order valence-electron chi connectivity index (χ3n) is 1.19. The van der Waals surface area contributed by atoms with Crippen LogP contribution in [0.25, 0.3) is 0 Å². The maximum Gasteiger partial charge on any atom is 0.159 e. The van der Waals surface area contributed by atoms with Crippen LogP contribution < -0.4 is 0 Å². The predicted octanol–water partition coefficient (Wildman–Crippen LogP) is 0.766. The van der Waals surface area contributed by atoms with Crippen LogP contribution in [0, 0.1) is 0 Å². The first kappa shape index (κ1) is 9.88. The molecule has 0 aromatic rings. The van der Waals surface area contributed by atoms with E-state index in [-0.39, 0.29) is 6.29 Å². The Kier molecular flexibility index (Phi) is 3.86. The summed E-state index contributed by atoms with van der Waals surface area (Å²) in [6.07, 6.45) is 0.181. The molecular formula is C7H16O3.